The lowest BCUT2D eigenvalue weighted by molar-refractivity contribution is 0.0859. The Hall–Kier alpha value is -1.89. The fourth-order valence-electron chi connectivity index (χ4n) is 1.24. The van der Waals surface area contributed by atoms with Crippen molar-refractivity contribution >= 4 is 5.71 Å². The first kappa shape index (κ1) is 14.2. The zero-order valence-corrected chi connectivity index (χ0v) is 10.9. The number of nitrogens with one attached hydrogen (secondary N) is 1. The standard InChI is InChI=1S/C11H17N3O4/c1-7(2)18-13-8(3)9-5-14(6-17-4)11(16)12-10(9)15/h5,7H,6H2,1-4H3,(H,12,15,16)/b13-8+. The van der Waals surface area contributed by atoms with Crippen LogP contribution in [0.15, 0.2) is 20.9 Å². The average molecular weight is 255 g/mol. The van der Waals surface area contributed by atoms with Gasteiger partial charge in [-0.25, -0.2) is 4.79 Å². The topological polar surface area (TPSA) is 85.7 Å². The van der Waals surface area contributed by atoms with Crippen LogP contribution in [0.1, 0.15) is 26.3 Å². The molecule has 100 valence electrons. The van der Waals surface area contributed by atoms with Crippen molar-refractivity contribution in [3.8, 4) is 0 Å². The molecule has 0 aromatic carbocycles. The van der Waals surface area contributed by atoms with Gasteiger partial charge in [0, 0.05) is 13.3 Å². The molecule has 7 nitrogen and oxygen atoms in total. The van der Waals surface area contributed by atoms with Crippen LogP contribution in [-0.2, 0) is 16.3 Å². The Balaban J connectivity index is 3.16. The predicted molar refractivity (Wildman–Crippen MR) is 66.8 cm³/mol. The summed E-state index contributed by atoms with van der Waals surface area (Å²) in [5.41, 5.74) is -0.355. The van der Waals surface area contributed by atoms with Crippen molar-refractivity contribution in [3.63, 3.8) is 0 Å². The molecule has 0 amide bonds. The summed E-state index contributed by atoms with van der Waals surface area (Å²) < 4.78 is 6.09. The lowest BCUT2D eigenvalue weighted by Crippen LogP contribution is -2.33. The molecule has 1 aromatic rings. The highest BCUT2D eigenvalue weighted by molar-refractivity contribution is 5.97. The molecule has 0 unspecified atom stereocenters. The molecule has 0 aliphatic heterocycles. The molecular formula is C11H17N3O4. The number of oxime groups is 1. The molecule has 0 atom stereocenters. The Morgan fingerprint density at radius 2 is 2.17 bits per heavy atom. The van der Waals surface area contributed by atoms with E-state index in [0.717, 1.165) is 0 Å². The van der Waals surface area contributed by atoms with Gasteiger partial charge in [-0.3, -0.25) is 14.3 Å². The molecule has 1 rings (SSSR count). The number of aromatic amines is 1. The Morgan fingerprint density at radius 3 is 2.72 bits per heavy atom. The van der Waals surface area contributed by atoms with Crippen molar-refractivity contribution in [1.82, 2.24) is 9.55 Å². The molecule has 7 heteroatoms. The highest BCUT2D eigenvalue weighted by atomic mass is 16.6. The first-order valence-electron chi connectivity index (χ1n) is 5.49. The zero-order chi connectivity index (χ0) is 13.7. The van der Waals surface area contributed by atoms with Crippen molar-refractivity contribution in [2.75, 3.05) is 7.11 Å². The lowest BCUT2D eigenvalue weighted by Gasteiger charge is -2.07. The van der Waals surface area contributed by atoms with Crippen molar-refractivity contribution in [2.45, 2.75) is 33.6 Å². The summed E-state index contributed by atoms with van der Waals surface area (Å²) >= 11 is 0. The fraction of sp³-hybridized carbons (Fsp3) is 0.545. The van der Waals surface area contributed by atoms with Crippen LogP contribution in [0.2, 0.25) is 0 Å². The molecule has 18 heavy (non-hydrogen) atoms. The summed E-state index contributed by atoms with van der Waals surface area (Å²) in [6.45, 7) is 5.34. The van der Waals surface area contributed by atoms with E-state index in [9.17, 15) is 9.59 Å². The summed E-state index contributed by atoms with van der Waals surface area (Å²) in [5, 5.41) is 3.83. The number of nitrogens with zero attached hydrogens (tertiary/aromatic N) is 2. The lowest BCUT2D eigenvalue weighted by atomic mass is 10.2. The molecule has 0 aliphatic carbocycles. The van der Waals surface area contributed by atoms with Crippen molar-refractivity contribution in [1.29, 1.82) is 0 Å². The van der Waals surface area contributed by atoms with Gasteiger partial charge in [0.2, 0.25) is 0 Å². The fourth-order valence-corrected chi connectivity index (χ4v) is 1.24. The predicted octanol–water partition coefficient (Wildman–Crippen LogP) is 0.290. The Morgan fingerprint density at radius 1 is 1.50 bits per heavy atom. The molecule has 1 N–H and O–H groups in total. The molecule has 0 fully saturated rings. The van der Waals surface area contributed by atoms with Crippen LogP contribution in [0, 0.1) is 0 Å². The minimum absolute atomic E-state index is 0.0565. The molecule has 0 saturated heterocycles. The van der Waals surface area contributed by atoms with Crippen LogP contribution in [0.25, 0.3) is 0 Å². The van der Waals surface area contributed by atoms with Gasteiger partial charge in [-0.15, -0.1) is 0 Å². The van der Waals surface area contributed by atoms with Crippen LogP contribution in [0.5, 0.6) is 0 Å². The van der Waals surface area contributed by atoms with Gasteiger partial charge in [0.15, 0.2) is 0 Å². The number of aromatic nitrogens is 2. The van der Waals surface area contributed by atoms with Gasteiger partial charge in [0.25, 0.3) is 5.56 Å². The molecule has 0 aliphatic rings. The number of H-pyrrole nitrogens is 1. The molecule has 1 heterocycles. The first-order chi connectivity index (χ1) is 8.45. The third-order valence-corrected chi connectivity index (χ3v) is 2.07. The summed E-state index contributed by atoms with van der Waals surface area (Å²) in [6, 6.07) is 0. The van der Waals surface area contributed by atoms with E-state index >= 15 is 0 Å². The maximum Gasteiger partial charge on any atom is 0.330 e. The Bertz CT molecular complexity index is 542. The second-order valence-corrected chi connectivity index (χ2v) is 4.02. The van der Waals surface area contributed by atoms with E-state index in [-0.39, 0.29) is 18.4 Å². The zero-order valence-electron chi connectivity index (χ0n) is 10.9. The van der Waals surface area contributed by atoms with E-state index < -0.39 is 11.2 Å². The SMILES string of the molecule is COCn1cc(/C(C)=N/OC(C)C)c(=O)[nH]c1=O. The van der Waals surface area contributed by atoms with Gasteiger partial charge in [0.05, 0.1) is 11.3 Å². The summed E-state index contributed by atoms with van der Waals surface area (Å²) in [4.78, 5) is 30.3. The molecule has 0 bridgehead atoms. The monoisotopic (exact) mass is 255 g/mol. The van der Waals surface area contributed by atoms with Crippen LogP contribution in [-0.4, -0.2) is 28.5 Å². The van der Waals surface area contributed by atoms with E-state index in [1.807, 2.05) is 13.8 Å². The van der Waals surface area contributed by atoms with E-state index in [1.165, 1.54) is 17.9 Å². The maximum absolute atomic E-state index is 11.6. The Kier molecular flexibility index (Phi) is 4.85. The van der Waals surface area contributed by atoms with Crippen molar-refractivity contribution < 1.29 is 9.57 Å². The number of ether oxygens (including phenoxy) is 1. The third-order valence-electron chi connectivity index (χ3n) is 2.07. The van der Waals surface area contributed by atoms with E-state index in [0.29, 0.717) is 5.71 Å². The second-order valence-electron chi connectivity index (χ2n) is 4.02. The van der Waals surface area contributed by atoms with Gasteiger partial charge in [-0.2, -0.15) is 0 Å². The minimum Gasteiger partial charge on any atom is -0.393 e. The average Bonchev–Trinajstić information content (AvgIpc) is 2.29. The summed E-state index contributed by atoms with van der Waals surface area (Å²) in [6.07, 6.45) is 1.32. The highest BCUT2D eigenvalue weighted by Crippen LogP contribution is 1.96. The van der Waals surface area contributed by atoms with Crippen LogP contribution in [0.3, 0.4) is 0 Å². The number of hydrogen-bond donors (Lipinski definition) is 1. The first-order valence-corrected chi connectivity index (χ1v) is 5.49. The van der Waals surface area contributed by atoms with Gasteiger partial charge >= 0.3 is 5.69 Å². The quantitative estimate of drug-likeness (QED) is 0.605. The number of methoxy groups -OCH3 is 1. The minimum atomic E-state index is -0.525. The van der Waals surface area contributed by atoms with Gasteiger partial charge in [-0.1, -0.05) is 5.16 Å². The van der Waals surface area contributed by atoms with Crippen LogP contribution >= 0.6 is 0 Å². The second kappa shape index (κ2) is 6.15. The smallest absolute Gasteiger partial charge is 0.330 e. The molecule has 1 aromatic heterocycles. The molecular weight excluding hydrogens is 238 g/mol. The van der Waals surface area contributed by atoms with Crippen molar-refractivity contribution in [3.05, 3.63) is 32.6 Å². The van der Waals surface area contributed by atoms with E-state index in [1.54, 1.807) is 6.92 Å². The van der Waals surface area contributed by atoms with Crippen LogP contribution in [0.4, 0.5) is 0 Å². The third kappa shape index (κ3) is 3.56. The summed E-state index contributed by atoms with van der Waals surface area (Å²) in [7, 11) is 1.46. The highest BCUT2D eigenvalue weighted by Gasteiger charge is 2.08. The number of hydrogen-bond acceptors (Lipinski definition) is 5. The Labute approximate surface area is 104 Å². The largest absolute Gasteiger partial charge is 0.393 e. The van der Waals surface area contributed by atoms with Crippen LogP contribution < -0.4 is 11.2 Å². The van der Waals surface area contributed by atoms with Crippen molar-refractivity contribution in [2.24, 2.45) is 5.16 Å². The number of rotatable bonds is 5. The molecule has 0 radical (unpaired) electrons. The van der Waals surface area contributed by atoms with E-state index in [2.05, 4.69) is 10.1 Å². The van der Waals surface area contributed by atoms with Gasteiger partial charge < -0.3 is 9.57 Å². The van der Waals surface area contributed by atoms with Gasteiger partial charge in [-0.05, 0) is 20.8 Å². The molecule has 0 saturated carbocycles. The normalized spacial score (nSPS) is 11.9. The van der Waals surface area contributed by atoms with Gasteiger partial charge in [0.1, 0.15) is 12.8 Å². The summed E-state index contributed by atoms with van der Waals surface area (Å²) in [5.74, 6) is 0. The maximum atomic E-state index is 11.6. The van der Waals surface area contributed by atoms with E-state index in [4.69, 9.17) is 9.57 Å². The molecule has 0 spiro atoms.